The Hall–Kier alpha value is -6.03. The minimum atomic E-state index is -0.750. The maximum atomic E-state index is 16.1. The molecule has 2 aromatic heterocycles. The molecule has 16 heteroatoms. The third kappa shape index (κ3) is 8.44. The molecule has 3 aliphatic rings. The van der Waals surface area contributed by atoms with Crippen molar-refractivity contribution < 1.29 is 37.8 Å². The van der Waals surface area contributed by atoms with E-state index in [4.69, 9.17) is 19.2 Å². The first-order chi connectivity index (χ1) is 30.0. The number of likely N-dealkylation sites (tertiary alicyclic amines) is 1. The summed E-state index contributed by atoms with van der Waals surface area (Å²) < 4.78 is 31.2. The first kappa shape index (κ1) is 42.7. The number of halogens is 1. The monoisotopic (exact) mass is 850 g/mol. The lowest BCUT2D eigenvalue weighted by atomic mass is 9.90. The van der Waals surface area contributed by atoms with Gasteiger partial charge in [0, 0.05) is 36.8 Å². The summed E-state index contributed by atoms with van der Waals surface area (Å²) in [6.45, 7) is 7.56. The zero-order valence-corrected chi connectivity index (χ0v) is 35.8. The maximum absolute atomic E-state index is 16.1. The normalized spacial score (nSPS) is 19.8. The Morgan fingerprint density at radius 2 is 1.69 bits per heavy atom. The van der Waals surface area contributed by atoms with E-state index in [-0.39, 0.29) is 48.2 Å². The number of carbonyl (C=O) groups excluding carboxylic acids is 4. The second-order valence-electron chi connectivity index (χ2n) is 17.1. The van der Waals surface area contributed by atoms with Gasteiger partial charge >= 0.3 is 12.2 Å². The van der Waals surface area contributed by atoms with Gasteiger partial charge in [-0.25, -0.2) is 23.9 Å². The van der Waals surface area contributed by atoms with E-state index in [1.807, 2.05) is 62.1 Å². The van der Waals surface area contributed by atoms with Gasteiger partial charge < -0.3 is 44.6 Å². The molecule has 0 spiro atoms. The number of hydrogen-bond donors (Lipinski definition) is 4. The Morgan fingerprint density at radius 1 is 0.952 bits per heavy atom. The van der Waals surface area contributed by atoms with Gasteiger partial charge in [-0.15, -0.1) is 0 Å². The molecule has 1 aliphatic carbocycles. The molecule has 2 aliphatic heterocycles. The lowest BCUT2D eigenvalue weighted by Gasteiger charge is -2.37. The highest BCUT2D eigenvalue weighted by atomic mass is 19.1. The molecule has 328 valence electrons. The Bertz CT molecular complexity index is 2460. The average Bonchev–Trinajstić information content (AvgIpc) is 4.11. The number of amides is 4. The predicted molar refractivity (Wildman–Crippen MR) is 230 cm³/mol. The summed E-state index contributed by atoms with van der Waals surface area (Å²) in [5, 5.41) is 7.33. The van der Waals surface area contributed by atoms with E-state index in [9.17, 15) is 19.2 Å². The minimum absolute atomic E-state index is 0.0428. The molecule has 5 atom stereocenters. The number of carbonyl (C=O) groups is 4. The largest absolute Gasteiger partial charge is 0.453 e. The molecule has 5 unspecified atom stereocenters. The highest BCUT2D eigenvalue weighted by molar-refractivity contribution is 6.05. The van der Waals surface area contributed by atoms with Crippen LogP contribution in [0.1, 0.15) is 77.0 Å². The van der Waals surface area contributed by atoms with E-state index in [0.29, 0.717) is 61.1 Å². The number of alkyl carbamates (subject to hydrolysis) is 2. The quantitative estimate of drug-likeness (QED) is 0.0949. The summed E-state index contributed by atoms with van der Waals surface area (Å²) in [7, 11) is 2.56. The van der Waals surface area contributed by atoms with Crippen molar-refractivity contribution in [1.29, 1.82) is 0 Å². The van der Waals surface area contributed by atoms with Crippen LogP contribution in [0.2, 0.25) is 0 Å². The molecule has 3 aromatic carbocycles. The lowest BCUT2D eigenvalue weighted by Crippen LogP contribution is -2.54. The number of fused-ring (bicyclic) bond motifs is 5. The smallest absolute Gasteiger partial charge is 0.407 e. The molecular formula is C46H55FN8O7. The SMILES string of the molecule is CCCN(Cc1nc2c(ccc3cc(-c4ccc(-c5cnc(C6C7CCC(C7)N6C(=O)C(NC(=O)OC)C(C)C)[nH]5)c(F)c4)ccc32)[nH]1)C(=O)C(NC(=O)OC)C1CCOCC1. The van der Waals surface area contributed by atoms with E-state index >= 15 is 4.39 Å². The average molecular weight is 851 g/mol. The van der Waals surface area contributed by atoms with Gasteiger partial charge in [0.1, 0.15) is 29.5 Å². The van der Waals surface area contributed by atoms with Gasteiger partial charge in [0.25, 0.3) is 0 Å². The van der Waals surface area contributed by atoms with Crippen LogP contribution < -0.4 is 10.6 Å². The number of imidazole rings is 2. The van der Waals surface area contributed by atoms with E-state index in [1.165, 1.54) is 20.3 Å². The predicted octanol–water partition coefficient (Wildman–Crippen LogP) is 7.23. The van der Waals surface area contributed by atoms with Crippen LogP contribution in [0.25, 0.3) is 44.2 Å². The van der Waals surface area contributed by atoms with Gasteiger partial charge in [-0.2, -0.15) is 0 Å². The van der Waals surface area contributed by atoms with Crippen molar-refractivity contribution in [3.8, 4) is 22.4 Å². The molecule has 1 saturated carbocycles. The number of nitrogens with one attached hydrogen (secondary N) is 4. The van der Waals surface area contributed by atoms with E-state index in [2.05, 4.69) is 25.6 Å². The van der Waals surface area contributed by atoms with Crippen molar-refractivity contribution in [3.05, 3.63) is 72.2 Å². The number of H-pyrrole nitrogens is 2. The van der Waals surface area contributed by atoms with Crippen LogP contribution in [0.15, 0.2) is 54.7 Å². The second-order valence-corrected chi connectivity index (χ2v) is 17.1. The number of aromatic nitrogens is 4. The van der Waals surface area contributed by atoms with Crippen molar-refractivity contribution in [3.63, 3.8) is 0 Å². The van der Waals surface area contributed by atoms with Crippen LogP contribution in [-0.2, 0) is 30.3 Å². The highest BCUT2D eigenvalue weighted by Crippen LogP contribution is 2.50. The molecule has 0 radical (unpaired) electrons. The molecule has 2 saturated heterocycles. The molecule has 4 N–H and O–H groups in total. The highest BCUT2D eigenvalue weighted by Gasteiger charge is 2.51. The summed E-state index contributed by atoms with van der Waals surface area (Å²) in [6.07, 6.45) is 5.06. The van der Waals surface area contributed by atoms with Crippen LogP contribution >= 0.6 is 0 Å². The van der Waals surface area contributed by atoms with E-state index < -0.39 is 30.1 Å². The number of nitrogens with zero attached hydrogens (tertiary/aromatic N) is 4. The van der Waals surface area contributed by atoms with E-state index in [0.717, 1.165) is 53.1 Å². The molecule has 15 nitrogen and oxygen atoms in total. The number of aromatic amines is 2. The van der Waals surface area contributed by atoms with Crippen LogP contribution in [0.4, 0.5) is 14.0 Å². The van der Waals surface area contributed by atoms with Crippen molar-refractivity contribution >= 4 is 45.8 Å². The molecule has 5 aromatic rings. The maximum Gasteiger partial charge on any atom is 0.407 e. The molecule has 62 heavy (non-hydrogen) atoms. The molecule has 8 rings (SSSR count). The number of piperidine rings is 1. The molecular weight excluding hydrogens is 796 g/mol. The van der Waals surface area contributed by atoms with Gasteiger partial charge in [-0.3, -0.25) is 9.59 Å². The second kappa shape index (κ2) is 18.1. The number of methoxy groups -OCH3 is 2. The Kier molecular flexibility index (Phi) is 12.5. The molecule has 3 fully saturated rings. The third-order valence-electron chi connectivity index (χ3n) is 12.8. The summed E-state index contributed by atoms with van der Waals surface area (Å²) in [5.41, 5.74) is 3.99. The third-order valence-corrected chi connectivity index (χ3v) is 12.8. The fourth-order valence-corrected chi connectivity index (χ4v) is 9.69. The summed E-state index contributed by atoms with van der Waals surface area (Å²) in [4.78, 5) is 72.4. The zero-order chi connectivity index (χ0) is 43.7. The van der Waals surface area contributed by atoms with Crippen LogP contribution in [0, 0.1) is 23.6 Å². The standard InChI is InChI=1S/C46H55FN8O7/c1-6-17-54(43(56)39(53-46(59)61-5)26-15-18-62-19-16-26)24-37-49-35-14-10-29-20-27(8-12-32(29)40(35)51-37)28-9-13-33(34(47)22-28)36-23-48-42(50-36)41-30-7-11-31(21-30)55(41)44(57)38(25(2)3)52-45(58)60-4/h8-10,12-14,20,22-23,25-26,30-31,38-39,41H,6-7,11,15-19,21,24H2,1-5H3,(H,48,50)(H,49,51)(H,52,58)(H,53,59). The van der Waals surface area contributed by atoms with Crippen molar-refractivity contribution in [2.75, 3.05) is 34.0 Å². The molecule has 4 amide bonds. The van der Waals surface area contributed by atoms with Gasteiger partial charge in [0.05, 0.1) is 49.7 Å². The van der Waals surface area contributed by atoms with Crippen LogP contribution in [-0.4, -0.2) is 106 Å². The number of rotatable bonds is 13. The number of ether oxygens (including phenoxy) is 3. The van der Waals surface area contributed by atoms with Gasteiger partial charge in [0.2, 0.25) is 11.8 Å². The summed E-state index contributed by atoms with van der Waals surface area (Å²) in [6, 6.07) is 13.3. The van der Waals surface area contributed by atoms with Crippen molar-refractivity contribution in [2.45, 2.75) is 90.0 Å². The van der Waals surface area contributed by atoms with Crippen LogP contribution in [0.3, 0.4) is 0 Å². The number of hydrogen-bond acceptors (Lipinski definition) is 9. The van der Waals surface area contributed by atoms with Crippen LogP contribution in [0.5, 0.6) is 0 Å². The molecule has 2 bridgehead atoms. The Balaban J connectivity index is 1.00. The summed E-state index contributed by atoms with van der Waals surface area (Å²) >= 11 is 0. The van der Waals surface area contributed by atoms with Crippen molar-refractivity contribution in [2.24, 2.45) is 17.8 Å². The fourth-order valence-electron chi connectivity index (χ4n) is 9.69. The zero-order valence-electron chi connectivity index (χ0n) is 35.8. The van der Waals surface area contributed by atoms with E-state index in [1.54, 1.807) is 17.2 Å². The number of benzene rings is 3. The summed E-state index contributed by atoms with van der Waals surface area (Å²) in [5.74, 6) is 0.431. The van der Waals surface area contributed by atoms with Gasteiger partial charge in [-0.05, 0) is 97.1 Å². The minimum Gasteiger partial charge on any atom is -0.453 e. The van der Waals surface area contributed by atoms with Gasteiger partial charge in [-0.1, -0.05) is 45.0 Å². The Labute approximate surface area is 359 Å². The molecule has 4 heterocycles. The lowest BCUT2D eigenvalue weighted by molar-refractivity contribution is -0.139. The fraction of sp³-hybridized carbons (Fsp3) is 0.478. The Morgan fingerprint density at radius 3 is 2.42 bits per heavy atom. The first-order valence-corrected chi connectivity index (χ1v) is 21.6. The topological polar surface area (TPSA) is 184 Å². The van der Waals surface area contributed by atoms with Gasteiger partial charge in [0.15, 0.2) is 0 Å². The van der Waals surface area contributed by atoms with Crippen molar-refractivity contribution in [1.82, 2.24) is 40.4 Å². The first-order valence-electron chi connectivity index (χ1n) is 21.6.